The van der Waals surface area contributed by atoms with Crippen LogP contribution in [0.2, 0.25) is 5.35 Å². The van der Waals surface area contributed by atoms with E-state index in [1.54, 1.807) is 0 Å². The van der Waals surface area contributed by atoms with Gasteiger partial charge in [-0.1, -0.05) is 5.10 Å². The van der Waals surface area contributed by atoms with Crippen molar-refractivity contribution in [2.45, 2.75) is 0 Å². The van der Waals surface area contributed by atoms with Crippen molar-refractivity contribution >= 4 is 17.3 Å². The molecule has 0 unspecified atom stereocenters. The fourth-order valence-electron chi connectivity index (χ4n) is 1.11. The van der Waals surface area contributed by atoms with Gasteiger partial charge in [-0.2, -0.15) is 0 Å². The van der Waals surface area contributed by atoms with Crippen LogP contribution < -0.4 is 0 Å². The SMILES string of the molecule is O=[N+]([O-])c1ccc(-c2nnc(Cl)o2)c(F)c1. The van der Waals surface area contributed by atoms with Crippen LogP contribution in [0.25, 0.3) is 11.5 Å². The molecule has 0 bridgehead atoms. The highest BCUT2D eigenvalue weighted by Gasteiger charge is 2.16. The molecule has 2 aromatic rings. The first-order valence-electron chi connectivity index (χ1n) is 4.01. The van der Waals surface area contributed by atoms with E-state index in [0.29, 0.717) is 0 Å². The Morgan fingerprint density at radius 1 is 1.44 bits per heavy atom. The summed E-state index contributed by atoms with van der Waals surface area (Å²) < 4.78 is 18.2. The summed E-state index contributed by atoms with van der Waals surface area (Å²) in [7, 11) is 0. The Labute approximate surface area is 92.8 Å². The van der Waals surface area contributed by atoms with E-state index in [2.05, 4.69) is 10.2 Å². The number of aromatic nitrogens is 2. The summed E-state index contributed by atoms with van der Waals surface area (Å²) in [6, 6.07) is 3.08. The zero-order valence-corrected chi connectivity index (χ0v) is 8.31. The molecule has 0 N–H and O–H groups in total. The summed E-state index contributed by atoms with van der Waals surface area (Å²) in [5, 5.41) is 16.9. The Hall–Kier alpha value is -2.02. The quantitative estimate of drug-likeness (QED) is 0.598. The maximum absolute atomic E-state index is 13.4. The number of benzene rings is 1. The van der Waals surface area contributed by atoms with Crippen molar-refractivity contribution in [1.82, 2.24) is 10.2 Å². The van der Waals surface area contributed by atoms with E-state index in [-0.39, 0.29) is 22.5 Å². The summed E-state index contributed by atoms with van der Waals surface area (Å²) >= 11 is 5.37. The van der Waals surface area contributed by atoms with Gasteiger partial charge in [-0.3, -0.25) is 10.1 Å². The molecule has 82 valence electrons. The molecule has 6 nitrogen and oxygen atoms in total. The summed E-state index contributed by atoms with van der Waals surface area (Å²) in [6.45, 7) is 0. The highest BCUT2D eigenvalue weighted by Crippen LogP contribution is 2.25. The average molecular weight is 244 g/mol. The monoisotopic (exact) mass is 243 g/mol. The second-order valence-electron chi connectivity index (χ2n) is 2.78. The van der Waals surface area contributed by atoms with E-state index >= 15 is 0 Å². The predicted molar refractivity (Wildman–Crippen MR) is 51.4 cm³/mol. The Kier molecular flexibility index (Phi) is 2.53. The van der Waals surface area contributed by atoms with E-state index in [9.17, 15) is 14.5 Å². The molecule has 2 rings (SSSR count). The fourth-order valence-corrected chi connectivity index (χ4v) is 1.22. The first kappa shape index (κ1) is 10.5. The number of non-ortho nitro benzene ring substituents is 1. The van der Waals surface area contributed by atoms with Crippen LogP contribution in [0.3, 0.4) is 0 Å². The summed E-state index contributed by atoms with van der Waals surface area (Å²) in [4.78, 5) is 9.67. The molecule has 1 aromatic carbocycles. The fraction of sp³-hybridized carbons (Fsp3) is 0. The number of hydrogen-bond donors (Lipinski definition) is 0. The molecule has 0 aliphatic carbocycles. The van der Waals surface area contributed by atoms with E-state index in [1.165, 1.54) is 6.07 Å². The minimum Gasteiger partial charge on any atom is -0.407 e. The van der Waals surface area contributed by atoms with Crippen molar-refractivity contribution in [3.05, 3.63) is 39.5 Å². The molecule has 0 spiro atoms. The molecule has 0 saturated heterocycles. The maximum atomic E-state index is 13.4. The van der Waals surface area contributed by atoms with Gasteiger partial charge in [0.2, 0.25) is 0 Å². The van der Waals surface area contributed by atoms with Crippen molar-refractivity contribution in [1.29, 1.82) is 0 Å². The number of nitro benzene ring substituents is 1. The summed E-state index contributed by atoms with van der Waals surface area (Å²) in [5.74, 6) is -0.952. The second kappa shape index (κ2) is 3.86. The van der Waals surface area contributed by atoms with Crippen LogP contribution in [0.5, 0.6) is 0 Å². The number of nitrogens with zero attached hydrogens (tertiary/aromatic N) is 3. The van der Waals surface area contributed by atoms with E-state index in [0.717, 1.165) is 12.1 Å². The van der Waals surface area contributed by atoms with Crippen LogP contribution in [-0.4, -0.2) is 15.1 Å². The molecule has 8 heteroatoms. The van der Waals surface area contributed by atoms with Gasteiger partial charge >= 0.3 is 5.35 Å². The molecule has 16 heavy (non-hydrogen) atoms. The molecule has 0 amide bonds. The first-order valence-corrected chi connectivity index (χ1v) is 4.39. The predicted octanol–water partition coefficient (Wildman–Crippen LogP) is 2.44. The Morgan fingerprint density at radius 2 is 2.19 bits per heavy atom. The maximum Gasteiger partial charge on any atom is 0.313 e. The lowest BCUT2D eigenvalue weighted by Crippen LogP contribution is -1.91. The molecule has 0 aliphatic heterocycles. The van der Waals surface area contributed by atoms with Gasteiger partial charge in [0.25, 0.3) is 11.6 Å². The molecular formula is C8H3ClFN3O3. The molecule has 0 atom stereocenters. The number of halogens is 2. The highest BCUT2D eigenvalue weighted by molar-refractivity contribution is 6.27. The van der Waals surface area contributed by atoms with Gasteiger partial charge in [0.05, 0.1) is 16.6 Å². The van der Waals surface area contributed by atoms with Crippen LogP contribution >= 0.6 is 11.6 Å². The highest BCUT2D eigenvalue weighted by atomic mass is 35.5. The van der Waals surface area contributed by atoms with Crippen LogP contribution in [0.15, 0.2) is 22.6 Å². The van der Waals surface area contributed by atoms with Gasteiger partial charge in [0, 0.05) is 6.07 Å². The summed E-state index contributed by atoms with van der Waals surface area (Å²) in [6.07, 6.45) is 0. The second-order valence-corrected chi connectivity index (χ2v) is 3.10. The normalized spacial score (nSPS) is 10.4. The van der Waals surface area contributed by atoms with Crippen molar-refractivity contribution in [2.75, 3.05) is 0 Å². The third kappa shape index (κ3) is 1.84. The zero-order valence-electron chi connectivity index (χ0n) is 7.55. The van der Waals surface area contributed by atoms with Gasteiger partial charge in [0.15, 0.2) is 0 Å². The molecule has 0 radical (unpaired) electrons. The minimum absolute atomic E-state index is 0.0370. The van der Waals surface area contributed by atoms with Crippen LogP contribution in [0.1, 0.15) is 0 Å². The first-order chi connectivity index (χ1) is 7.58. The van der Waals surface area contributed by atoms with E-state index in [1.807, 2.05) is 0 Å². The van der Waals surface area contributed by atoms with Gasteiger partial charge in [-0.05, 0) is 17.7 Å². The van der Waals surface area contributed by atoms with Crippen LogP contribution in [0.4, 0.5) is 10.1 Å². The molecule has 0 aliphatic rings. The number of nitro groups is 1. The van der Waals surface area contributed by atoms with Gasteiger partial charge in [0.1, 0.15) is 5.82 Å². The molecular weight excluding hydrogens is 241 g/mol. The standard InChI is InChI=1S/C8H3ClFN3O3/c9-8-12-11-7(16-8)5-2-1-4(13(14)15)3-6(5)10/h1-3H. The van der Waals surface area contributed by atoms with Crippen molar-refractivity contribution in [3.63, 3.8) is 0 Å². The Bertz CT molecular complexity index is 557. The van der Waals surface area contributed by atoms with Crippen LogP contribution in [0, 0.1) is 15.9 Å². The smallest absolute Gasteiger partial charge is 0.313 e. The lowest BCUT2D eigenvalue weighted by Gasteiger charge is -1.96. The minimum atomic E-state index is -0.825. The molecule has 1 aromatic heterocycles. The van der Waals surface area contributed by atoms with Gasteiger partial charge < -0.3 is 4.42 Å². The largest absolute Gasteiger partial charge is 0.407 e. The number of rotatable bonds is 2. The Balaban J connectivity index is 2.47. The number of hydrogen-bond acceptors (Lipinski definition) is 5. The van der Waals surface area contributed by atoms with Gasteiger partial charge in [-0.15, -0.1) is 5.10 Å². The lowest BCUT2D eigenvalue weighted by atomic mass is 10.2. The average Bonchev–Trinajstić information content (AvgIpc) is 2.64. The van der Waals surface area contributed by atoms with Crippen molar-refractivity contribution in [3.8, 4) is 11.5 Å². The third-order valence-corrected chi connectivity index (χ3v) is 1.95. The topological polar surface area (TPSA) is 82.1 Å². The molecule has 1 heterocycles. The van der Waals surface area contributed by atoms with Crippen molar-refractivity contribution in [2.24, 2.45) is 0 Å². The zero-order chi connectivity index (χ0) is 11.7. The van der Waals surface area contributed by atoms with E-state index in [4.69, 9.17) is 16.0 Å². The van der Waals surface area contributed by atoms with E-state index < -0.39 is 10.7 Å². The molecule has 0 saturated carbocycles. The van der Waals surface area contributed by atoms with Gasteiger partial charge in [-0.25, -0.2) is 4.39 Å². The summed E-state index contributed by atoms with van der Waals surface area (Å²) in [5.41, 5.74) is -0.392. The lowest BCUT2D eigenvalue weighted by molar-refractivity contribution is -0.385. The van der Waals surface area contributed by atoms with Crippen molar-refractivity contribution < 1.29 is 13.7 Å². The Morgan fingerprint density at radius 3 is 2.69 bits per heavy atom. The van der Waals surface area contributed by atoms with Crippen LogP contribution in [-0.2, 0) is 0 Å². The molecule has 0 fully saturated rings. The third-order valence-electron chi connectivity index (χ3n) is 1.79.